The molecule has 2 fully saturated rings. The number of rotatable bonds is 24. The van der Waals surface area contributed by atoms with E-state index in [9.17, 15) is 43.8 Å². The van der Waals surface area contributed by atoms with Gasteiger partial charge in [-0.05, 0) is 61.7 Å². The quantitative estimate of drug-likeness (QED) is 0.0358. The number of carbonyl (C=O) groups excluding carboxylic acids is 5. The van der Waals surface area contributed by atoms with Crippen LogP contribution >= 0.6 is 0 Å². The maximum atomic E-state index is 13.9. The van der Waals surface area contributed by atoms with Crippen molar-refractivity contribution in [2.45, 2.75) is 135 Å². The van der Waals surface area contributed by atoms with Crippen LogP contribution in [0.5, 0.6) is 0 Å². The van der Waals surface area contributed by atoms with Gasteiger partial charge in [0.2, 0.25) is 5.91 Å². The lowest BCUT2D eigenvalue weighted by Gasteiger charge is -2.25. The molecule has 2 unspecified atom stereocenters. The van der Waals surface area contributed by atoms with Gasteiger partial charge >= 0.3 is 18.0 Å². The minimum Gasteiger partial charge on any atom is -0.478 e. The third-order valence-electron chi connectivity index (χ3n) is 10.1. The van der Waals surface area contributed by atoms with Crippen molar-refractivity contribution in [2.75, 3.05) is 17.2 Å². The van der Waals surface area contributed by atoms with Crippen molar-refractivity contribution in [3.05, 3.63) is 59.2 Å². The van der Waals surface area contributed by atoms with Gasteiger partial charge in [-0.15, -0.1) is 0 Å². The van der Waals surface area contributed by atoms with Gasteiger partial charge in [0.05, 0.1) is 11.1 Å². The van der Waals surface area contributed by atoms with Crippen LogP contribution in [0.3, 0.4) is 0 Å². The fraction of sp³-hybridized carbons (Fsp3) is 0.537. The second-order valence-electron chi connectivity index (χ2n) is 14.3. The predicted molar refractivity (Wildman–Crippen MR) is 204 cm³/mol. The molecule has 2 saturated heterocycles. The second kappa shape index (κ2) is 21.0. The standard InChI is InChI=1S/C41H54N4O9/c1-2-3-4-5-6-7-8-9-10-11-12-13-14-15-16-19-34(46)42-31-22-20-28(21-23-31)36(47)35(45-38(49)33-18-17-24-44(33)41(45)54)37(48)43-32-26-29(39(50)51)25-30(27-32)40(52)53/h20-23,25-27,33,35H,2-19,24H2,1H3,(H,42,46)(H,43,48)(H,50,51)(H,52,53). The molecule has 2 aliphatic rings. The molecule has 0 bridgehead atoms. The lowest BCUT2D eigenvalue weighted by molar-refractivity contribution is -0.133. The monoisotopic (exact) mass is 746 g/mol. The maximum absolute atomic E-state index is 13.9. The summed E-state index contributed by atoms with van der Waals surface area (Å²) in [6.45, 7) is 2.53. The number of nitrogens with one attached hydrogen (secondary N) is 2. The predicted octanol–water partition coefficient (Wildman–Crippen LogP) is 7.90. The zero-order valence-electron chi connectivity index (χ0n) is 31.3. The van der Waals surface area contributed by atoms with E-state index >= 15 is 0 Å². The topological polar surface area (TPSA) is 190 Å². The summed E-state index contributed by atoms with van der Waals surface area (Å²) in [5.74, 6) is -5.79. The molecule has 0 radical (unpaired) electrons. The van der Waals surface area contributed by atoms with Crippen molar-refractivity contribution in [3.8, 4) is 0 Å². The highest BCUT2D eigenvalue weighted by Gasteiger charge is 2.53. The summed E-state index contributed by atoms with van der Waals surface area (Å²) in [7, 11) is 0. The molecule has 4 N–H and O–H groups in total. The van der Waals surface area contributed by atoms with Crippen LogP contribution in [0.2, 0.25) is 0 Å². The number of aromatic carboxylic acids is 2. The van der Waals surface area contributed by atoms with E-state index in [-0.39, 0.29) is 23.7 Å². The van der Waals surface area contributed by atoms with Crippen LogP contribution in [0.25, 0.3) is 0 Å². The number of carbonyl (C=O) groups is 7. The van der Waals surface area contributed by atoms with Crippen molar-refractivity contribution in [1.29, 1.82) is 0 Å². The summed E-state index contributed by atoms with van der Waals surface area (Å²) in [5, 5.41) is 24.1. The molecule has 13 heteroatoms. The van der Waals surface area contributed by atoms with Crippen LogP contribution in [0, 0.1) is 0 Å². The van der Waals surface area contributed by atoms with E-state index in [0.717, 1.165) is 37.5 Å². The van der Waals surface area contributed by atoms with E-state index in [4.69, 9.17) is 0 Å². The summed E-state index contributed by atoms with van der Waals surface area (Å²) in [4.78, 5) is 92.2. The Morgan fingerprint density at radius 1 is 0.685 bits per heavy atom. The Hall–Kier alpha value is -5.07. The van der Waals surface area contributed by atoms with Crippen LogP contribution in [-0.4, -0.2) is 80.1 Å². The number of ketones is 1. The van der Waals surface area contributed by atoms with Gasteiger partial charge in [-0.1, -0.05) is 96.8 Å². The van der Waals surface area contributed by atoms with Crippen molar-refractivity contribution in [3.63, 3.8) is 0 Å². The van der Waals surface area contributed by atoms with E-state index < -0.39 is 58.8 Å². The number of hydrogen-bond donors (Lipinski definition) is 4. The Labute approximate surface area is 316 Å². The molecule has 2 heterocycles. The molecule has 2 atom stereocenters. The normalized spacial score (nSPS) is 15.6. The SMILES string of the molecule is CCCCCCCCCCCCCCCCCC(=O)Nc1ccc(C(=O)C(C(=O)Nc2cc(C(=O)O)cc(C(=O)O)c2)N2C(=O)C3CCCN3C2=O)cc1. The number of fused-ring (bicyclic) bond motifs is 1. The number of urea groups is 1. The van der Waals surface area contributed by atoms with Crippen LogP contribution in [0.4, 0.5) is 16.2 Å². The molecule has 54 heavy (non-hydrogen) atoms. The van der Waals surface area contributed by atoms with Gasteiger partial charge in [-0.2, -0.15) is 0 Å². The number of unbranched alkanes of at least 4 members (excludes halogenated alkanes) is 14. The third-order valence-corrected chi connectivity index (χ3v) is 10.1. The first-order valence-electron chi connectivity index (χ1n) is 19.5. The number of imide groups is 1. The number of amides is 5. The number of Topliss-reactive ketones (excluding diaryl/α,β-unsaturated/α-hetero) is 1. The zero-order chi connectivity index (χ0) is 39.0. The summed E-state index contributed by atoms with van der Waals surface area (Å²) >= 11 is 0. The highest BCUT2D eigenvalue weighted by molar-refractivity contribution is 6.22. The number of carboxylic acid groups (broad SMARTS) is 2. The Bertz CT molecular complexity index is 1600. The van der Waals surface area contributed by atoms with Crippen LogP contribution in [0.1, 0.15) is 154 Å². The number of nitrogens with zero attached hydrogens (tertiary/aromatic N) is 2. The van der Waals surface area contributed by atoms with Gasteiger partial charge in [0.25, 0.3) is 11.8 Å². The highest BCUT2D eigenvalue weighted by Crippen LogP contribution is 2.31. The van der Waals surface area contributed by atoms with Gasteiger partial charge < -0.3 is 25.7 Å². The average molecular weight is 747 g/mol. The van der Waals surface area contributed by atoms with E-state index in [1.165, 1.54) is 106 Å². The Morgan fingerprint density at radius 2 is 1.20 bits per heavy atom. The molecule has 13 nitrogen and oxygen atoms in total. The first kappa shape index (κ1) is 41.7. The first-order chi connectivity index (χ1) is 26.0. The zero-order valence-corrected chi connectivity index (χ0v) is 31.3. The Kier molecular flexibility index (Phi) is 16.2. The minimum absolute atomic E-state index is 0.0197. The Morgan fingerprint density at radius 3 is 1.70 bits per heavy atom. The molecular weight excluding hydrogens is 692 g/mol. The highest BCUT2D eigenvalue weighted by atomic mass is 16.4. The van der Waals surface area contributed by atoms with Gasteiger partial charge in [0, 0.05) is 29.9 Å². The third kappa shape index (κ3) is 11.7. The summed E-state index contributed by atoms with van der Waals surface area (Å²) in [6.07, 6.45) is 19.8. The molecule has 0 spiro atoms. The number of anilines is 2. The molecule has 2 aliphatic heterocycles. The van der Waals surface area contributed by atoms with Crippen molar-refractivity contribution in [1.82, 2.24) is 9.80 Å². The lowest BCUT2D eigenvalue weighted by Crippen LogP contribution is -2.52. The van der Waals surface area contributed by atoms with E-state index in [1.807, 2.05) is 0 Å². The molecule has 0 saturated carbocycles. The molecule has 5 amide bonds. The maximum Gasteiger partial charge on any atom is 0.335 e. The molecule has 2 aromatic rings. The molecule has 292 valence electrons. The summed E-state index contributed by atoms with van der Waals surface area (Å²) < 4.78 is 0. The van der Waals surface area contributed by atoms with Gasteiger partial charge in [-0.3, -0.25) is 19.2 Å². The lowest BCUT2D eigenvalue weighted by atomic mass is 10.0. The van der Waals surface area contributed by atoms with E-state index in [2.05, 4.69) is 17.6 Å². The average Bonchev–Trinajstić information content (AvgIpc) is 3.73. The van der Waals surface area contributed by atoms with Crippen LogP contribution < -0.4 is 10.6 Å². The smallest absolute Gasteiger partial charge is 0.335 e. The summed E-state index contributed by atoms with van der Waals surface area (Å²) in [6, 6.07) is 5.10. The van der Waals surface area contributed by atoms with Crippen molar-refractivity contribution >= 4 is 52.8 Å². The van der Waals surface area contributed by atoms with Crippen molar-refractivity contribution in [2.24, 2.45) is 0 Å². The number of hydrogen-bond acceptors (Lipinski definition) is 7. The van der Waals surface area contributed by atoms with Gasteiger partial charge in [-0.25, -0.2) is 19.3 Å². The van der Waals surface area contributed by atoms with E-state index in [0.29, 0.717) is 29.8 Å². The van der Waals surface area contributed by atoms with Gasteiger partial charge in [0.15, 0.2) is 11.8 Å². The molecule has 2 aromatic carbocycles. The minimum atomic E-state index is -1.97. The van der Waals surface area contributed by atoms with Crippen LogP contribution in [-0.2, 0) is 14.4 Å². The molecule has 0 aromatic heterocycles. The first-order valence-corrected chi connectivity index (χ1v) is 19.5. The second-order valence-corrected chi connectivity index (χ2v) is 14.3. The molecule has 4 rings (SSSR count). The van der Waals surface area contributed by atoms with Gasteiger partial charge in [0.1, 0.15) is 6.04 Å². The number of carboxylic acids is 2. The summed E-state index contributed by atoms with van der Waals surface area (Å²) in [5.41, 5.74) is -0.701. The molecule has 0 aliphatic carbocycles. The van der Waals surface area contributed by atoms with E-state index in [1.54, 1.807) is 0 Å². The largest absolute Gasteiger partial charge is 0.478 e. The molecular formula is C41H54N4O9. The Balaban J connectivity index is 1.29. The van der Waals surface area contributed by atoms with Crippen molar-refractivity contribution < 1.29 is 43.8 Å². The van der Waals surface area contributed by atoms with Crippen LogP contribution in [0.15, 0.2) is 42.5 Å². The fourth-order valence-electron chi connectivity index (χ4n) is 7.15. The fourth-order valence-corrected chi connectivity index (χ4v) is 7.15. The number of benzene rings is 2.